The van der Waals surface area contributed by atoms with E-state index < -0.39 is 0 Å². The molecule has 0 bridgehead atoms. The highest BCUT2D eigenvalue weighted by molar-refractivity contribution is 5.91. The molecule has 0 saturated carbocycles. The average Bonchev–Trinajstić information content (AvgIpc) is 3.11. The molecule has 0 fully saturated rings. The number of hydrogen-bond donors (Lipinski definition) is 1. The summed E-state index contributed by atoms with van der Waals surface area (Å²) in [7, 11) is 1.62. The quantitative estimate of drug-likeness (QED) is 0.486. The van der Waals surface area contributed by atoms with Gasteiger partial charge in [0, 0.05) is 23.2 Å². The minimum absolute atomic E-state index is 0.0271. The number of para-hydroxylation sites is 1. The van der Waals surface area contributed by atoms with Crippen LogP contribution in [0.4, 0.5) is 5.69 Å². The largest absolute Gasteiger partial charge is 0.497 e. The van der Waals surface area contributed by atoms with Crippen molar-refractivity contribution < 1.29 is 9.53 Å². The van der Waals surface area contributed by atoms with E-state index in [0.29, 0.717) is 12.8 Å². The van der Waals surface area contributed by atoms with Crippen LogP contribution in [0, 0.1) is 20.8 Å². The summed E-state index contributed by atoms with van der Waals surface area (Å²) in [5.41, 5.74) is 6.70. The van der Waals surface area contributed by atoms with Crippen molar-refractivity contribution in [3.63, 3.8) is 0 Å². The molecule has 158 valence electrons. The minimum Gasteiger partial charge on any atom is -0.497 e. The number of fused-ring (bicyclic) bond motifs is 1. The molecule has 0 spiro atoms. The Morgan fingerprint density at radius 1 is 1.00 bits per heavy atom. The highest BCUT2D eigenvalue weighted by Crippen LogP contribution is 2.28. The third-order valence-electron chi connectivity index (χ3n) is 5.55. The van der Waals surface area contributed by atoms with Crippen molar-refractivity contribution >= 4 is 22.6 Å². The molecule has 4 aromatic rings. The molecule has 0 unspecified atom stereocenters. The van der Waals surface area contributed by atoms with Crippen LogP contribution in [-0.2, 0) is 11.2 Å². The van der Waals surface area contributed by atoms with Crippen LogP contribution >= 0.6 is 0 Å². The summed E-state index contributed by atoms with van der Waals surface area (Å²) in [5, 5.41) is 8.73. The molecule has 0 saturated heterocycles. The van der Waals surface area contributed by atoms with Gasteiger partial charge in [-0.25, -0.2) is 9.67 Å². The van der Waals surface area contributed by atoms with E-state index in [9.17, 15) is 4.79 Å². The second kappa shape index (κ2) is 8.60. The van der Waals surface area contributed by atoms with Gasteiger partial charge in [-0.05, 0) is 74.7 Å². The Morgan fingerprint density at radius 2 is 1.71 bits per heavy atom. The molecular formula is C25H26N4O2. The molecule has 2 aromatic heterocycles. The number of ether oxygens (including phenoxy) is 1. The second-order valence-corrected chi connectivity index (χ2v) is 7.61. The number of aromatic nitrogens is 3. The summed E-state index contributed by atoms with van der Waals surface area (Å²) >= 11 is 0. The zero-order valence-corrected chi connectivity index (χ0v) is 18.3. The van der Waals surface area contributed by atoms with Gasteiger partial charge in [-0.2, -0.15) is 5.10 Å². The van der Waals surface area contributed by atoms with Gasteiger partial charge in [0.25, 0.3) is 0 Å². The Balaban J connectivity index is 1.57. The molecule has 4 rings (SSSR count). The van der Waals surface area contributed by atoms with Gasteiger partial charge in [0.15, 0.2) is 5.65 Å². The molecule has 0 aliphatic heterocycles. The number of methoxy groups -OCH3 is 1. The first-order chi connectivity index (χ1) is 15.0. The SMILES string of the molecule is COc1ccc(NC(=O)CCc2c(C)nc3c(c(C)nn3-c3ccccc3)c2C)cc1. The van der Waals surface area contributed by atoms with Gasteiger partial charge >= 0.3 is 0 Å². The van der Waals surface area contributed by atoms with Crippen LogP contribution < -0.4 is 10.1 Å². The minimum atomic E-state index is -0.0271. The lowest BCUT2D eigenvalue weighted by molar-refractivity contribution is -0.116. The Kier molecular flexibility index (Phi) is 5.71. The van der Waals surface area contributed by atoms with Gasteiger partial charge in [0.1, 0.15) is 5.75 Å². The van der Waals surface area contributed by atoms with Crippen molar-refractivity contribution in [3.05, 3.63) is 77.1 Å². The van der Waals surface area contributed by atoms with Gasteiger partial charge < -0.3 is 10.1 Å². The highest BCUT2D eigenvalue weighted by Gasteiger charge is 2.18. The van der Waals surface area contributed by atoms with Crippen LogP contribution in [0.1, 0.15) is 28.9 Å². The summed E-state index contributed by atoms with van der Waals surface area (Å²) in [6, 6.07) is 17.3. The van der Waals surface area contributed by atoms with Gasteiger partial charge in [0.2, 0.25) is 5.91 Å². The first kappa shape index (κ1) is 20.6. The fraction of sp³-hybridized carbons (Fsp3) is 0.240. The van der Waals surface area contributed by atoms with Crippen molar-refractivity contribution in [2.45, 2.75) is 33.6 Å². The summed E-state index contributed by atoms with van der Waals surface area (Å²) in [6.45, 7) is 6.10. The van der Waals surface area contributed by atoms with E-state index in [1.807, 2.05) is 73.1 Å². The number of benzene rings is 2. The van der Waals surface area contributed by atoms with Crippen molar-refractivity contribution in [2.75, 3.05) is 12.4 Å². The number of nitrogens with one attached hydrogen (secondary N) is 1. The molecule has 6 heteroatoms. The summed E-state index contributed by atoms with van der Waals surface area (Å²) in [6.07, 6.45) is 1.01. The molecule has 0 atom stereocenters. The van der Waals surface area contributed by atoms with E-state index in [2.05, 4.69) is 12.2 Å². The fourth-order valence-electron chi connectivity index (χ4n) is 3.96. The number of nitrogens with zero attached hydrogens (tertiary/aromatic N) is 3. The van der Waals surface area contributed by atoms with Crippen LogP contribution in [0.15, 0.2) is 54.6 Å². The van der Waals surface area contributed by atoms with Crippen molar-refractivity contribution in [2.24, 2.45) is 0 Å². The predicted molar refractivity (Wildman–Crippen MR) is 123 cm³/mol. The molecule has 2 aromatic carbocycles. The number of carbonyl (C=O) groups excluding carboxylic acids is 1. The normalized spacial score (nSPS) is 11.0. The van der Waals surface area contributed by atoms with E-state index in [4.69, 9.17) is 14.8 Å². The maximum atomic E-state index is 12.5. The molecule has 1 amide bonds. The first-order valence-electron chi connectivity index (χ1n) is 10.3. The molecule has 31 heavy (non-hydrogen) atoms. The molecule has 1 N–H and O–H groups in total. The van der Waals surface area contributed by atoms with Crippen LogP contribution in [0.3, 0.4) is 0 Å². The molecule has 0 aliphatic rings. The third kappa shape index (κ3) is 4.14. The molecule has 0 radical (unpaired) electrons. The fourth-order valence-corrected chi connectivity index (χ4v) is 3.96. The average molecular weight is 415 g/mol. The van der Waals surface area contributed by atoms with Gasteiger partial charge in [-0.3, -0.25) is 4.79 Å². The van der Waals surface area contributed by atoms with E-state index in [0.717, 1.165) is 50.7 Å². The van der Waals surface area contributed by atoms with E-state index in [1.54, 1.807) is 7.11 Å². The van der Waals surface area contributed by atoms with Gasteiger partial charge in [0.05, 0.1) is 18.5 Å². The van der Waals surface area contributed by atoms with E-state index in [1.165, 1.54) is 0 Å². The number of aryl methyl sites for hydroxylation is 3. The van der Waals surface area contributed by atoms with Gasteiger partial charge in [-0.1, -0.05) is 18.2 Å². The van der Waals surface area contributed by atoms with E-state index >= 15 is 0 Å². The molecule has 2 heterocycles. The zero-order chi connectivity index (χ0) is 22.0. The van der Waals surface area contributed by atoms with Crippen LogP contribution in [0.25, 0.3) is 16.7 Å². The monoisotopic (exact) mass is 414 g/mol. The summed E-state index contributed by atoms with van der Waals surface area (Å²) in [4.78, 5) is 17.4. The van der Waals surface area contributed by atoms with E-state index in [-0.39, 0.29) is 5.91 Å². The molecular weight excluding hydrogens is 388 g/mol. The number of hydrogen-bond acceptors (Lipinski definition) is 4. The maximum absolute atomic E-state index is 12.5. The maximum Gasteiger partial charge on any atom is 0.224 e. The molecule has 6 nitrogen and oxygen atoms in total. The Morgan fingerprint density at radius 3 is 2.39 bits per heavy atom. The van der Waals surface area contributed by atoms with Crippen LogP contribution in [0.2, 0.25) is 0 Å². The lowest BCUT2D eigenvalue weighted by Gasteiger charge is -2.12. The number of rotatable bonds is 6. The highest BCUT2D eigenvalue weighted by atomic mass is 16.5. The Bertz CT molecular complexity index is 1230. The number of carbonyl (C=O) groups is 1. The first-order valence-corrected chi connectivity index (χ1v) is 10.3. The van der Waals surface area contributed by atoms with Gasteiger partial charge in [-0.15, -0.1) is 0 Å². The standard InChI is InChI=1S/C25H26N4O2/c1-16-22(14-15-23(30)27-19-10-12-21(31-4)13-11-19)17(2)26-25-24(16)18(3)28-29(25)20-8-6-5-7-9-20/h5-13H,14-15H2,1-4H3,(H,27,30). The number of anilines is 1. The van der Waals surface area contributed by atoms with Crippen molar-refractivity contribution in [1.29, 1.82) is 0 Å². The third-order valence-corrected chi connectivity index (χ3v) is 5.55. The second-order valence-electron chi connectivity index (χ2n) is 7.61. The Labute approximate surface area is 181 Å². The van der Waals surface area contributed by atoms with Crippen LogP contribution in [-0.4, -0.2) is 27.8 Å². The summed E-state index contributed by atoms with van der Waals surface area (Å²) in [5.74, 6) is 0.732. The number of pyridine rings is 1. The lowest BCUT2D eigenvalue weighted by atomic mass is 9.99. The Hall–Kier alpha value is -3.67. The topological polar surface area (TPSA) is 69.0 Å². The lowest BCUT2D eigenvalue weighted by Crippen LogP contribution is -2.13. The summed E-state index contributed by atoms with van der Waals surface area (Å²) < 4.78 is 7.05. The number of amides is 1. The van der Waals surface area contributed by atoms with Crippen LogP contribution in [0.5, 0.6) is 5.75 Å². The zero-order valence-electron chi connectivity index (χ0n) is 18.3. The van der Waals surface area contributed by atoms with Crippen molar-refractivity contribution in [1.82, 2.24) is 14.8 Å². The predicted octanol–water partition coefficient (Wildman–Crippen LogP) is 4.93. The van der Waals surface area contributed by atoms with Crippen molar-refractivity contribution in [3.8, 4) is 11.4 Å². The molecule has 0 aliphatic carbocycles. The smallest absolute Gasteiger partial charge is 0.224 e.